The number of aryl methyl sites for hydroxylation is 2. The Balaban J connectivity index is 1.50. The zero-order valence-corrected chi connectivity index (χ0v) is 15.7. The van der Waals surface area contributed by atoms with Crippen molar-refractivity contribution in [2.24, 2.45) is 0 Å². The molecule has 0 unspecified atom stereocenters. The second-order valence-electron chi connectivity index (χ2n) is 6.92. The van der Waals surface area contributed by atoms with Crippen molar-refractivity contribution in [2.75, 3.05) is 20.2 Å². The molecule has 0 aromatic heterocycles. The molecule has 1 heterocycles. The van der Waals surface area contributed by atoms with Gasteiger partial charge >= 0.3 is 0 Å². The minimum Gasteiger partial charge on any atom is -0.486 e. The zero-order chi connectivity index (χ0) is 18.1. The van der Waals surface area contributed by atoms with Crippen molar-refractivity contribution in [2.45, 2.75) is 36.7 Å². The fourth-order valence-electron chi connectivity index (χ4n) is 3.59. The molecule has 0 fully saturated rings. The van der Waals surface area contributed by atoms with Gasteiger partial charge in [0.2, 0.25) is 10.0 Å². The molecule has 1 aliphatic heterocycles. The first-order valence-corrected chi connectivity index (χ1v) is 10.4. The third kappa shape index (κ3) is 3.31. The molecule has 0 saturated heterocycles. The molecular formula is C20H23NO4S. The maximum absolute atomic E-state index is 13.0. The zero-order valence-electron chi connectivity index (χ0n) is 14.8. The van der Waals surface area contributed by atoms with Crippen molar-refractivity contribution >= 4 is 10.0 Å². The van der Waals surface area contributed by atoms with Gasteiger partial charge < -0.3 is 9.47 Å². The molecule has 1 atom stereocenters. The summed E-state index contributed by atoms with van der Waals surface area (Å²) in [5.74, 6) is 1.35. The van der Waals surface area contributed by atoms with Crippen LogP contribution in [0.2, 0.25) is 0 Å². The van der Waals surface area contributed by atoms with E-state index in [0.717, 1.165) is 24.8 Å². The van der Waals surface area contributed by atoms with Crippen LogP contribution in [0.5, 0.6) is 11.5 Å². The fourth-order valence-corrected chi connectivity index (χ4v) is 4.84. The van der Waals surface area contributed by atoms with E-state index in [2.05, 4.69) is 0 Å². The van der Waals surface area contributed by atoms with Gasteiger partial charge in [0.1, 0.15) is 12.7 Å². The molecule has 4 rings (SSSR count). The van der Waals surface area contributed by atoms with E-state index < -0.39 is 10.0 Å². The van der Waals surface area contributed by atoms with Gasteiger partial charge in [-0.05, 0) is 61.1 Å². The Morgan fingerprint density at radius 1 is 1.04 bits per heavy atom. The highest BCUT2D eigenvalue weighted by atomic mass is 32.2. The van der Waals surface area contributed by atoms with E-state index in [9.17, 15) is 8.42 Å². The summed E-state index contributed by atoms with van der Waals surface area (Å²) in [5, 5.41) is 0. The Kier molecular flexibility index (Phi) is 4.63. The van der Waals surface area contributed by atoms with Crippen LogP contribution < -0.4 is 9.47 Å². The molecule has 6 heteroatoms. The maximum Gasteiger partial charge on any atom is 0.242 e. The fraction of sp³-hybridized carbons (Fsp3) is 0.400. The summed E-state index contributed by atoms with van der Waals surface area (Å²) in [4.78, 5) is 0.359. The molecule has 0 radical (unpaired) electrons. The van der Waals surface area contributed by atoms with Crippen LogP contribution in [-0.4, -0.2) is 39.0 Å². The quantitative estimate of drug-likeness (QED) is 0.827. The molecular weight excluding hydrogens is 350 g/mol. The van der Waals surface area contributed by atoms with E-state index >= 15 is 0 Å². The van der Waals surface area contributed by atoms with Gasteiger partial charge in [0.15, 0.2) is 11.5 Å². The predicted molar refractivity (Wildman–Crippen MR) is 99.3 cm³/mol. The molecule has 5 nitrogen and oxygen atoms in total. The maximum atomic E-state index is 13.0. The number of hydrogen-bond donors (Lipinski definition) is 0. The predicted octanol–water partition coefficient (Wildman–Crippen LogP) is 3.03. The van der Waals surface area contributed by atoms with Crippen LogP contribution in [0, 0.1) is 0 Å². The summed E-state index contributed by atoms with van der Waals surface area (Å²) in [6, 6.07) is 13.0. The Labute approximate surface area is 154 Å². The lowest BCUT2D eigenvalue weighted by Crippen LogP contribution is -2.41. The first-order chi connectivity index (χ1) is 12.5. The molecule has 26 heavy (non-hydrogen) atoms. The second kappa shape index (κ2) is 6.93. The van der Waals surface area contributed by atoms with Gasteiger partial charge in [-0.3, -0.25) is 0 Å². The lowest BCUT2D eigenvalue weighted by molar-refractivity contribution is 0.0798. The van der Waals surface area contributed by atoms with Crippen molar-refractivity contribution in [3.05, 3.63) is 53.6 Å². The van der Waals surface area contributed by atoms with E-state index in [1.807, 2.05) is 36.4 Å². The van der Waals surface area contributed by atoms with Crippen LogP contribution >= 0.6 is 0 Å². The third-order valence-electron chi connectivity index (χ3n) is 5.06. The molecule has 0 amide bonds. The standard InChI is InChI=1S/C20H23NO4S/c1-21(13-17-14-24-19-8-4-5-9-20(19)25-17)26(22,23)18-11-10-15-6-2-3-7-16(15)12-18/h4-5,8-12,17H,2-3,6-7,13-14H2,1H3/t17-/m1/s1. The SMILES string of the molecule is CN(C[C@@H]1COc2ccccc2O1)S(=O)(=O)c1ccc2c(c1)CCCC2. The monoisotopic (exact) mass is 373 g/mol. The summed E-state index contributed by atoms with van der Waals surface area (Å²) in [6.07, 6.45) is 3.97. The highest BCUT2D eigenvalue weighted by Gasteiger charge is 2.28. The van der Waals surface area contributed by atoms with Crippen molar-refractivity contribution in [3.63, 3.8) is 0 Å². The van der Waals surface area contributed by atoms with Crippen LogP contribution in [-0.2, 0) is 22.9 Å². The Morgan fingerprint density at radius 2 is 1.77 bits per heavy atom. The molecule has 2 aliphatic rings. The van der Waals surface area contributed by atoms with Gasteiger partial charge in [0.05, 0.1) is 11.4 Å². The minimum atomic E-state index is -3.55. The first kappa shape index (κ1) is 17.4. The number of sulfonamides is 1. The number of fused-ring (bicyclic) bond motifs is 2. The van der Waals surface area contributed by atoms with Crippen molar-refractivity contribution in [1.29, 1.82) is 0 Å². The van der Waals surface area contributed by atoms with E-state index in [4.69, 9.17) is 9.47 Å². The molecule has 0 N–H and O–H groups in total. The summed E-state index contributed by atoms with van der Waals surface area (Å²) >= 11 is 0. The molecule has 0 saturated carbocycles. The Bertz CT molecular complexity index is 910. The number of ether oxygens (including phenoxy) is 2. The summed E-state index contributed by atoms with van der Waals surface area (Å²) in [5.41, 5.74) is 2.44. The van der Waals surface area contributed by atoms with Gasteiger partial charge in [-0.15, -0.1) is 0 Å². The Morgan fingerprint density at radius 3 is 2.58 bits per heavy atom. The topological polar surface area (TPSA) is 55.8 Å². The summed E-state index contributed by atoms with van der Waals surface area (Å²) < 4.78 is 38.9. The van der Waals surface area contributed by atoms with Crippen LogP contribution in [0.15, 0.2) is 47.4 Å². The highest BCUT2D eigenvalue weighted by molar-refractivity contribution is 7.89. The van der Waals surface area contributed by atoms with Gasteiger partial charge in [-0.25, -0.2) is 8.42 Å². The molecule has 0 spiro atoms. The second-order valence-corrected chi connectivity index (χ2v) is 8.97. The summed E-state index contributed by atoms with van der Waals surface area (Å²) in [7, 11) is -1.96. The largest absolute Gasteiger partial charge is 0.486 e. The smallest absolute Gasteiger partial charge is 0.242 e. The van der Waals surface area contributed by atoms with E-state index in [1.165, 1.54) is 16.3 Å². The lowest BCUT2D eigenvalue weighted by Gasteiger charge is -2.29. The van der Waals surface area contributed by atoms with Crippen molar-refractivity contribution in [1.82, 2.24) is 4.31 Å². The van der Waals surface area contributed by atoms with E-state index in [0.29, 0.717) is 23.0 Å². The molecule has 138 valence electrons. The van der Waals surface area contributed by atoms with Crippen LogP contribution in [0.25, 0.3) is 0 Å². The van der Waals surface area contributed by atoms with Gasteiger partial charge in [0, 0.05) is 7.05 Å². The third-order valence-corrected chi connectivity index (χ3v) is 6.88. The van der Waals surface area contributed by atoms with Crippen LogP contribution in [0.4, 0.5) is 0 Å². The van der Waals surface area contributed by atoms with Crippen molar-refractivity contribution in [3.8, 4) is 11.5 Å². The van der Waals surface area contributed by atoms with Crippen LogP contribution in [0.3, 0.4) is 0 Å². The number of hydrogen-bond acceptors (Lipinski definition) is 4. The number of rotatable bonds is 4. The molecule has 2 aromatic rings. The average Bonchev–Trinajstić information content (AvgIpc) is 2.67. The molecule has 1 aliphatic carbocycles. The average molecular weight is 373 g/mol. The summed E-state index contributed by atoms with van der Waals surface area (Å²) in [6.45, 7) is 0.578. The highest BCUT2D eigenvalue weighted by Crippen LogP contribution is 2.31. The molecule has 0 bridgehead atoms. The number of likely N-dealkylation sites (N-methyl/N-ethyl adjacent to an activating group) is 1. The van der Waals surface area contributed by atoms with Gasteiger partial charge in [-0.2, -0.15) is 4.31 Å². The van der Waals surface area contributed by atoms with Gasteiger partial charge in [-0.1, -0.05) is 18.2 Å². The van der Waals surface area contributed by atoms with E-state index in [1.54, 1.807) is 13.1 Å². The Hall–Kier alpha value is -2.05. The molecule has 2 aromatic carbocycles. The van der Waals surface area contributed by atoms with Crippen LogP contribution in [0.1, 0.15) is 24.0 Å². The number of para-hydroxylation sites is 2. The normalized spacial score (nSPS) is 19.2. The lowest BCUT2D eigenvalue weighted by atomic mass is 9.92. The number of nitrogens with zero attached hydrogens (tertiary/aromatic N) is 1. The first-order valence-electron chi connectivity index (χ1n) is 9.01. The van der Waals surface area contributed by atoms with Crippen molar-refractivity contribution < 1.29 is 17.9 Å². The number of benzene rings is 2. The minimum absolute atomic E-state index is 0.244. The van der Waals surface area contributed by atoms with E-state index in [-0.39, 0.29) is 12.6 Å². The van der Waals surface area contributed by atoms with Gasteiger partial charge in [0.25, 0.3) is 0 Å².